The molecule has 0 aliphatic heterocycles. The van der Waals surface area contributed by atoms with E-state index in [-0.39, 0.29) is 6.42 Å². The van der Waals surface area contributed by atoms with Crippen molar-refractivity contribution in [2.24, 2.45) is 0 Å². The topological polar surface area (TPSA) is 50.2 Å². The number of fused-ring (bicyclic) bond motifs is 1. The zero-order valence-electron chi connectivity index (χ0n) is 7.25. The van der Waals surface area contributed by atoms with Gasteiger partial charge in [-0.2, -0.15) is 0 Å². The maximum absolute atomic E-state index is 10.4. The number of carbonyl (C=O) groups is 1. The Balaban J connectivity index is 2.20. The third kappa shape index (κ3) is 1.88. The molecule has 0 saturated heterocycles. The minimum Gasteiger partial charge on any atom is -0.481 e. The van der Waals surface area contributed by atoms with E-state index in [4.69, 9.17) is 5.11 Å². The van der Waals surface area contributed by atoms with Gasteiger partial charge in [0.25, 0.3) is 0 Å². The number of carboxylic acid groups (broad SMARTS) is 1. The van der Waals surface area contributed by atoms with Gasteiger partial charge >= 0.3 is 5.97 Å². The molecule has 0 unspecified atom stereocenters. The molecule has 0 radical (unpaired) electrons. The number of nitrogens with zero attached hydrogens (tertiary/aromatic N) is 1. The largest absolute Gasteiger partial charge is 0.481 e. The minimum atomic E-state index is -0.786. The molecule has 2 rings (SSSR count). The normalized spacial score (nSPS) is 15.4. The van der Waals surface area contributed by atoms with E-state index in [2.05, 4.69) is 4.98 Å². The van der Waals surface area contributed by atoms with E-state index in [1.807, 2.05) is 0 Å². The fourth-order valence-electron chi connectivity index (χ4n) is 1.61. The summed E-state index contributed by atoms with van der Waals surface area (Å²) in [5.74, 6) is -0.786. The molecule has 0 spiro atoms. The molecule has 0 amide bonds. The summed E-state index contributed by atoms with van der Waals surface area (Å²) in [5.41, 5.74) is 1.15. The molecule has 0 aromatic carbocycles. The average molecular weight is 197 g/mol. The van der Waals surface area contributed by atoms with Crippen LogP contribution in [-0.4, -0.2) is 16.1 Å². The molecule has 0 saturated carbocycles. The Morgan fingerprint density at radius 3 is 2.92 bits per heavy atom. The number of aryl methyl sites for hydroxylation is 2. The SMILES string of the molecule is O=C(O)Cc1nc2c(s1)CCCC2. The van der Waals surface area contributed by atoms with Crippen LogP contribution in [0.4, 0.5) is 0 Å². The Kier molecular flexibility index (Phi) is 2.31. The highest BCUT2D eigenvalue weighted by Crippen LogP contribution is 2.26. The van der Waals surface area contributed by atoms with Gasteiger partial charge in [-0.1, -0.05) is 0 Å². The van der Waals surface area contributed by atoms with Crippen LogP contribution in [0.15, 0.2) is 0 Å². The quantitative estimate of drug-likeness (QED) is 0.784. The second-order valence-corrected chi connectivity index (χ2v) is 4.42. The van der Waals surface area contributed by atoms with Gasteiger partial charge in [0.05, 0.1) is 12.1 Å². The average Bonchev–Trinajstić information content (AvgIpc) is 2.44. The molecule has 4 heteroatoms. The van der Waals surface area contributed by atoms with Crippen molar-refractivity contribution < 1.29 is 9.90 Å². The lowest BCUT2D eigenvalue weighted by Gasteiger charge is -2.06. The summed E-state index contributed by atoms with van der Waals surface area (Å²) in [6, 6.07) is 0. The molecule has 70 valence electrons. The Hall–Kier alpha value is -0.900. The highest BCUT2D eigenvalue weighted by molar-refractivity contribution is 7.11. The summed E-state index contributed by atoms with van der Waals surface area (Å²) in [4.78, 5) is 16.1. The number of hydrogen-bond donors (Lipinski definition) is 1. The Morgan fingerprint density at radius 2 is 2.23 bits per heavy atom. The lowest BCUT2D eigenvalue weighted by Crippen LogP contribution is -2.01. The van der Waals surface area contributed by atoms with Gasteiger partial charge in [-0.15, -0.1) is 11.3 Å². The minimum absolute atomic E-state index is 0.0810. The van der Waals surface area contributed by atoms with Crippen LogP contribution >= 0.6 is 11.3 Å². The third-order valence-corrected chi connectivity index (χ3v) is 3.35. The molecular formula is C9H11NO2S. The first-order valence-corrected chi connectivity index (χ1v) is 5.26. The molecule has 1 aliphatic carbocycles. The van der Waals surface area contributed by atoms with Crippen LogP contribution in [-0.2, 0) is 24.1 Å². The van der Waals surface area contributed by atoms with E-state index in [1.54, 1.807) is 11.3 Å². The van der Waals surface area contributed by atoms with Gasteiger partial charge in [0, 0.05) is 4.88 Å². The first kappa shape index (κ1) is 8.69. The predicted molar refractivity (Wildman–Crippen MR) is 50.1 cm³/mol. The van der Waals surface area contributed by atoms with Crippen LogP contribution in [0.5, 0.6) is 0 Å². The first-order chi connectivity index (χ1) is 6.25. The second-order valence-electron chi connectivity index (χ2n) is 3.26. The van der Waals surface area contributed by atoms with Gasteiger partial charge in [0.2, 0.25) is 0 Å². The molecule has 0 atom stereocenters. The number of aromatic nitrogens is 1. The van der Waals surface area contributed by atoms with E-state index < -0.39 is 5.97 Å². The van der Waals surface area contributed by atoms with Gasteiger partial charge in [-0.25, -0.2) is 4.98 Å². The van der Waals surface area contributed by atoms with Gasteiger partial charge in [-0.05, 0) is 25.7 Å². The maximum atomic E-state index is 10.4. The van der Waals surface area contributed by atoms with E-state index in [1.165, 1.54) is 17.7 Å². The number of aliphatic carboxylic acids is 1. The lowest BCUT2D eigenvalue weighted by molar-refractivity contribution is -0.136. The van der Waals surface area contributed by atoms with Crippen molar-refractivity contribution in [2.45, 2.75) is 32.1 Å². The van der Waals surface area contributed by atoms with Gasteiger partial charge in [-0.3, -0.25) is 4.79 Å². The number of rotatable bonds is 2. The molecule has 1 aromatic rings. The van der Waals surface area contributed by atoms with Crippen molar-refractivity contribution in [3.63, 3.8) is 0 Å². The van der Waals surface area contributed by atoms with Crippen molar-refractivity contribution in [3.05, 3.63) is 15.6 Å². The van der Waals surface area contributed by atoms with Crippen LogP contribution in [0.3, 0.4) is 0 Å². The molecule has 1 heterocycles. The van der Waals surface area contributed by atoms with Crippen LogP contribution in [0.1, 0.15) is 28.4 Å². The molecule has 3 nitrogen and oxygen atoms in total. The monoisotopic (exact) mass is 197 g/mol. The van der Waals surface area contributed by atoms with Crippen LogP contribution < -0.4 is 0 Å². The first-order valence-electron chi connectivity index (χ1n) is 4.45. The summed E-state index contributed by atoms with van der Waals surface area (Å²) in [5, 5.41) is 9.36. The zero-order chi connectivity index (χ0) is 9.26. The van der Waals surface area contributed by atoms with Crippen molar-refractivity contribution in [1.82, 2.24) is 4.98 Å². The van der Waals surface area contributed by atoms with E-state index in [9.17, 15) is 4.79 Å². The smallest absolute Gasteiger partial charge is 0.310 e. The molecule has 1 aromatic heterocycles. The summed E-state index contributed by atoms with van der Waals surface area (Å²) >= 11 is 1.57. The van der Waals surface area contributed by atoms with E-state index >= 15 is 0 Å². The Bertz CT molecular complexity index is 309. The zero-order valence-corrected chi connectivity index (χ0v) is 8.06. The van der Waals surface area contributed by atoms with Gasteiger partial charge < -0.3 is 5.11 Å². The second kappa shape index (κ2) is 3.46. The number of hydrogen-bond acceptors (Lipinski definition) is 3. The summed E-state index contributed by atoms with van der Waals surface area (Å²) in [6.45, 7) is 0. The molecular weight excluding hydrogens is 186 g/mol. The fourth-order valence-corrected chi connectivity index (χ4v) is 2.76. The van der Waals surface area contributed by atoms with Gasteiger partial charge in [0.15, 0.2) is 0 Å². The van der Waals surface area contributed by atoms with Crippen LogP contribution in [0.2, 0.25) is 0 Å². The molecule has 0 fully saturated rings. The van der Waals surface area contributed by atoms with Crippen LogP contribution in [0.25, 0.3) is 0 Å². The summed E-state index contributed by atoms with van der Waals surface area (Å²) < 4.78 is 0. The highest BCUT2D eigenvalue weighted by Gasteiger charge is 2.15. The highest BCUT2D eigenvalue weighted by atomic mass is 32.1. The number of carboxylic acids is 1. The Labute approximate surface area is 80.4 Å². The van der Waals surface area contributed by atoms with Crippen molar-refractivity contribution in [3.8, 4) is 0 Å². The van der Waals surface area contributed by atoms with E-state index in [0.29, 0.717) is 0 Å². The van der Waals surface area contributed by atoms with Crippen molar-refractivity contribution in [1.29, 1.82) is 0 Å². The lowest BCUT2D eigenvalue weighted by atomic mass is 10.0. The Morgan fingerprint density at radius 1 is 1.46 bits per heavy atom. The number of thiazole rings is 1. The molecule has 1 aliphatic rings. The summed E-state index contributed by atoms with van der Waals surface area (Å²) in [7, 11) is 0. The third-order valence-electron chi connectivity index (χ3n) is 2.19. The van der Waals surface area contributed by atoms with Crippen molar-refractivity contribution >= 4 is 17.3 Å². The van der Waals surface area contributed by atoms with Crippen molar-refractivity contribution in [2.75, 3.05) is 0 Å². The maximum Gasteiger partial charge on any atom is 0.310 e. The standard InChI is InChI=1S/C9H11NO2S/c11-9(12)5-8-10-6-3-1-2-4-7(6)13-8/h1-5H2,(H,11,12). The summed E-state index contributed by atoms with van der Waals surface area (Å²) in [6.07, 6.45) is 4.63. The van der Waals surface area contributed by atoms with Gasteiger partial charge in [0.1, 0.15) is 5.01 Å². The molecule has 0 bridgehead atoms. The molecule has 1 N–H and O–H groups in total. The van der Waals surface area contributed by atoms with E-state index in [0.717, 1.165) is 23.5 Å². The fraction of sp³-hybridized carbons (Fsp3) is 0.556. The molecule has 13 heavy (non-hydrogen) atoms. The van der Waals surface area contributed by atoms with Crippen LogP contribution in [0, 0.1) is 0 Å². The predicted octanol–water partition coefficient (Wildman–Crippen LogP) is 1.65.